The van der Waals surface area contributed by atoms with Gasteiger partial charge in [0.25, 0.3) is 5.89 Å². The lowest BCUT2D eigenvalue weighted by molar-refractivity contribution is -0.116. The molecule has 0 saturated heterocycles. The summed E-state index contributed by atoms with van der Waals surface area (Å²) in [6, 6.07) is 9.53. The first kappa shape index (κ1) is 16.6. The van der Waals surface area contributed by atoms with Gasteiger partial charge in [0.1, 0.15) is 18.1 Å². The van der Waals surface area contributed by atoms with Crippen molar-refractivity contribution in [3.63, 3.8) is 0 Å². The average Bonchev–Trinajstić information content (AvgIpc) is 3.34. The van der Waals surface area contributed by atoms with Crippen molar-refractivity contribution in [2.45, 2.75) is 6.54 Å². The van der Waals surface area contributed by atoms with Crippen molar-refractivity contribution in [1.82, 2.24) is 24.7 Å². The minimum Gasteiger partial charge on any atom is -0.333 e. The Morgan fingerprint density at radius 2 is 2.11 bits per heavy atom. The highest BCUT2D eigenvalue weighted by molar-refractivity contribution is 5.90. The maximum absolute atomic E-state index is 13.6. The summed E-state index contributed by atoms with van der Waals surface area (Å²) in [5, 5.41) is 6.41. The van der Waals surface area contributed by atoms with Gasteiger partial charge in [0, 0.05) is 18.6 Å². The molecule has 1 amide bonds. The number of nitrogens with zero attached hydrogens (tertiary/aromatic N) is 5. The second-order valence-electron chi connectivity index (χ2n) is 5.62. The van der Waals surface area contributed by atoms with E-state index in [9.17, 15) is 9.18 Å². The topological polar surface area (TPSA) is 98.7 Å². The van der Waals surface area contributed by atoms with Crippen LogP contribution in [-0.2, 0) is 11.3 Å². The molecule has 9 heteroatoms. The highest BCUT2D eigenvalue weighted by atomic mass is 19.1. The van der Waals surface area contributed by atoms with Crippen molar-refractivity contribution in [3.8, 4) is 23.0 Å². The van der Waals surface area contributed by atoms with Crippen molar-refractivity contribution in [1.29, 1.82) is 0 Å². The molecule has 0 unspecified atom stereocenters. The lowest BCUT2D eigenvalue weighted by atomic mass is 10.3. The summed E-state index contributed by atoms with van der Waals surface area (Å²) in [7, 11) is 0. The molecule has 0 bridgehead atoms. The SMILES string of the molecule is O=C(Cn1cnc(-c2noc(-c3cccnc3)n2)c1)Nc1ccccc1F. The Morgan fingerprint density at radius 3 is 2.93 bits per heavy atom. The fraction of sp³-hybridized carbons (Fsp3) is 0.0556. The van der Waals surface area contributed by atoms with Crippen molar-refractivity contribution in [2.24, 2.45) is 0 Å². The van der Waals surface area contributed by atoms with E-state index in [1.807, 2.05) is 0 Å². The van der Waals surface area contributed by atoms with Crippen LogP contribution in [0.15, 0.2) is 65.8 Å². The van der Waals surface area contributed by atoms with E-state index in [-0.39, 0.29) is 18.1 Å². The van der Waals surface area contributed by atoms with Crippen molar-refractivity contribution in [2.75, 3.05) is 5.32 Å². The van der Waals surface area contributed by atoms with Crippen molar-refractivity contribution < 1.29 is 13.7 Å². The van der Waals surface area contributed by atoms with Crippen molar-refractivity contribution in [3.05, 3.63) is 67.1 Å². The number of para-hydroxylation sites is 1. The maximum atomic E-state index is 13.6. The zero-order chi connectivity index (χ0) is 18.6. The fourth-order valence-electron chi connectivity index (χ4n) is 2.41. The Labute approximate surface area is 152 Å². The van der Waals surface area contributed by atoms with Gasteiger partial charge in [-0.05, 0) is 24.3 Å². The fourth-order valence-corrected chi connectivity index (χ4v) is 2.41. The number of nitrogens with one attached hydrogen (secondary N) is 1. The highest BCUT2D eigenvalue weighted by Gasteiger charge is 2.14. The molecule has 1 aromatic carbocycles. The highest BCUT2D eigenvalue weighted by Crippen LogP contribution is 2.20. The molecule has 3 aromatic heterocycles. The summed E-state index contributed by atoms with van der Waals surface area (Å²) in [4.78, 5) is 24.5. The summed E-state index contributed by atoms with van der Waals surface area (Å²) < 4.78 is 20.4. The minimum absolute atomic E-state index is 0.0331. The number of carbonyl (C=O) groups is 1. The Hall–Kier alpha value is -3.88. The van der Waals surface area contributed by atoms with E-state index in [2.05, 4.69) is 25.4 Å². The second kappa shape index (κ2) is 7.16. The van der Waals surface area contributed by atoms with E-state index in [0.717, 1.165) is 0 Å². The summed E-state index contributed by atoms with van der Waals surface area (Å²) >= 11 is 0. The predicted octanol–water partition coefficient (Wildman–Crippen LogP) is 2.77. The van der Waals surface area contributed by atoms with Gasteiger partial charge in [0.15, 0.2) is 0 Å². The Balaban J connectivity index is 1.45. The van der Waals surface area contributed by atoms with E-state index in [1.54, 1.807) is 47.4 Å². The standard InChI is InChI=1S/C18H13FN6O2/c19-13-5-1-2-6-14(13)22-16(26)10-25-9-15(21-11-25)17-23-18(27-24-17)12-4-3-7-20-8-12/h1-9,11H,10H2,(H,22,26). The Morgan fingerprint density at radius 1 is 1.22 bits per heavy atom. The molecule has 8 nitrogen and oxygen atoms in total. The van der Waals surface area contributed by atoms with Crippen LogP contribution in [0.4, 0.5) is 10.1 Å². The number of carbonyl (C=O) groups excluding carboxylic acids is 1. The lowest BCUT2D eigenvalue weighted by Crippen LogP contribution is -2.18. The number of rotatable bonds is 5. The molecule has 27 heavy (non-hydrogen) atoms. The van der Waals surface area contributed by atoms with Gasteiger partial charge < -0.3 is 14.4 Å². The molecule has 0 spiro atoms. The first-order chi connectivity index (χ1) is 13.2. The van der Waals surface area contributed by atoms with Crippen LogP contribution in [0.2, 0.25) is 0 Å². The number of anilines is 1. The number of imidazole rings is 1. The quantitative estimate of drug-likeness (QED) is 0.585. The van der Waals surface area contributed by atoms with Gasteiger partial charge in [-0.15, -0.1) is 0 Å². The summed E-state index contributed by atoms with van der Waals surface area (Å²) in [5.41, 5.74) is 1.27. The molecular weight excluding hydrogens is 351 g/mol. The number of pyridine rings is 1. The molecule has 134 valence electrons. The van der Waals surface area contributed by atoms with Crippen LogP contribution in [0.25, 0.3) is 23.0 Å². The van der Waals surface area contributed by atoms with Crippen LogP contribution in [-0.4, -0.2) is 30.6 Å². The van der Waals surface area contributed by atoms with Crippen LogP contribution in [0, 0.1) is 5.82 Å². The van der Waals surface area contributed by atoms with E-state index < -0.39 is 5.82 Å². The number of halogens is 1. The molecule has 1 N–H and O–H groups in total. The van der Waals surface area contributed by atoms with Crippen LogP contribution in [0.1, 0.15) is 0 Å². The third-order valence-electron chi connectivity index (χ3n) is 3.67. The van der Waals surface area contributed by atoms with E-state index in [4.69, 9.17) is 4.52 Å². The van der Waals surface area contributed by atoms with Gasteiger partial charge in [-0.3, -0.25) is 9.78 Å². The third kappa shape index (κ3) is 3.71. The summed E-state index contributed by atoms with van der Waals surface area (Å²) in [6.07, 6.45) is 6.34. The molecule has 4 rings (SSSR count). The summed E-state index contributed by atoms with van der Waals surface area (Å²) in [5.74, 6) is -0.257. The van der Waals surface area contributed by atoms with Gasteiger partial charge in [-0.25, -0.2) is 9.37 Å². The average molecular weight is 364 g/mol. The monoisotopic (exact) mass is 364 g/mol. The van der Waals surface area contributed by atoms with Gasteiger partial charge in [0.05, 0.1) is 17.6 Å². The second-order valence-corrected chi connectivity index (χ2v) is 5.62. The number of aromatic nitrogens is 5. The summed E-state index contributed by atoms with van der Waals surface area (Å²) in [6.45, 7) is -0.0331. The third-order valence-corrected chi connectivity index (χ3v) is 3.67. The molecule has 3 heterocycles. The maximum Gasteiger partial charge on any atom is 0.259 e. The number of hydrogen-bond donors (Lipinski definition) is 1. The first-order valence-corrected chi connectivity index (χ1v) is 8.00. The molecule has 0 aliphatic heterocycles. The van der Waals surface area contributed by atoms with Crippen LogP contribution < -0.4 is 5.32 Å². The molecule has 0 fully saturated rings. The van der Waals surface area contributed by atoms with Crippen LogP contribution >= 0.6 is 0 Å². The molecule has 0 saturated carbocycles. The van der Waals surface area contributed by atoms with Crippen LogP contribution in [0.5, 0.6) is 0 Å². The minimum atomic E-state index is -0.494. The van der Waals surface area contributed by atoms with Gasteiger partial charge in [-0.2, -0.15) is 4.98 Å². The molecular formula is C18H13FN6O2. The van der Waals surface area contributed by atoms with Gasteiger partial charge in [-0.1, -0.05) is 17.3 Å². The Kier molecular flexibility index (Phi) is 4.40. The normalized spacial score (nSPS) is 10.7. The van der Waals surface area contributed by atoms with Gasteiger partial charge >= 0.3 is 0 Å². The number of hydrogen-bond acceptors (Lipinski definition) is 6. The lowest BCUT2D eigenvalue weighted by Gasteiger charge is -2.06. The molecule has 0 radical (unpaired) electrons. The zero-order valence-corrected chi connectivity index (χ0v) is 13.9. The number of amides is 1. The molecule has 4 aromatic rings. The number of benzene rings is 1. The smallest absolute Gasteiger partial charge is 0.259 e. The zero-order valence-electron chi connectivity index (χ0n) is 13.9. The van der Waals surface area contributed by atoms with Crippen LogP contribution in [0.3, 0.4) is 0 Å². The molecule has 0 atom stereocenters. The van der Waals surface area contributed by atoms with E-state index in [1.165, 1.54) is 18.5 Å². The van der Waals surface area contributed by atoms with E-state index in [0.29, 0.717) is 23.0 Å². The molecule has 0 aliphatic rings. The first-order valence-electron chi connectivity index (χ1n) is 8.00. The van der Waals surface area contributed by atoms with E-state index >= 15 is 0 Å². The molecule has 0 aliphatic carbocycles. The van der Waals surface area contributed by atoms with Gasteiger partial charge in [0.2, 0.25) is 11.7 Å². The van der Waals surface area contributed by atoms with Crippen molar-refractivity contribution >= 4 is 11.6 Å². The Bertz CT molecular complexity index is 1080. The predicted molar refractivity (Wildman–Crippen MR) is 93.8 cm³/mol. The largest absolute Gasteiger partial charge is 0.333 e.